The van der Waals surface area contributed by atoms with E-state index in [0.717, 1.165) is 5.56 Å². The van der Waals surface area contributed by atoms with Gasteiger partial charge in [-0.05, 0) is 31.0 Å². The molecule has 0 saturated heterocycles. The normalized spacial score (nSPS) is 11.3. The molecule has 0 aliphatic heterocycles. The average Bonchev–Trinajstić information content (AvgIpc) is 2.07. The van der Waals surface area contributed by atoms with Crippen molar-refractivity contribution < 1.29 is 22.6 Å². The van der Waals surface area contributed by atoms with Crippen molar-refractivity contribution in [2.75, 3.05) is 7.11 Å². The van der Waals surface area contributed by atoms with Crippen molar-refractivity contribution in [3.8, 4) is 11.5 Å². The van der Waals surface area contributed by atoms with Gasteiger partial charge >= 0.3 is 6.36 Å². The Balaban J connectivity index is 3.08. The predicted octanol–water partition coefficient (Wildman–Crippen LogP) is 3.21. The molecule has 5 heteroatoms. The Labute approximate surface area is 85.6 Å². The average molecular weight is 220 g/mol. The fourth-order valence-electron chi connectivity index (χ4n) is 1.27. The Bertz CT molecular complexity index is 358. The van der Waals surface area contributed by atoms with Crippen molar-refractivity contribution in [1.82, 2.24) is 0 Å². The minimum atomic E-state index is -4.68. The Hall–Kier alpha value is -1.39. The van der Waals surface area contributed by atoms with Gasteiger partial charge in [0.15, 0.2) is 0 Å². The molecule has 0 atom stereocenters. The van der Waals surface area contributed by atoms with E-state index in [-0.39, 0.29) is 5.75 Å². The van der Waals surface area contributed by atoms with Crippen LogP contribution in [0.1, 0.15) is 11.1 Å². The van der Waals surface area contributed by atoms with Gasteiger partial charge in [0.1, 0.15) is 11.5 Å². The van der Waals surface area contributed by atoms with Crippen LogP contribution in [0.25, 0.3) is 0 Å². The van der Waals surface area contributed by atoms with E-state index < -0.39 is 6.36 Å². The number of rotatable bonds is 2. The van der Waals surface area contributed by atoms with Gasteiger partial charge in [-0.25, -0.2) is 0 Å². The molecular formula is C10H11F3O2. The third-order valence-corrected chi connectivity index (χ3v) is 1.92. The number of ether oxygens (including phenoxy) is 2. The van der Waals surface area contributed by atoms with E-state index in [2.05, 4.69) is 4.74 Å². The minimum Gasteiger partial charge on any atom is -0.496 e. The summed E-state index contributed by atoms with van der Waals surface area (Å²) in [5, 5.41) is 0. The van der Waals surface area contributed by atoms with Gasteiger partial charge in [0, 0.05) is 6.07 Å². The topological polar surface area (TPSA) is 18.5 Å². The molecule has 0 N–H and O–H groups in total. The van der Waals surface area contributed by atoms with Gasteiger partial charge in [0.25, 0.3) is 0 Å². The van der Waals surface area contributed by atoms with Crippen molar-refractivity contribution >= 4 is 0 Å². The van der Waals surface area contributed by atoms with Gasteiger partial charge in [-0.2, -0.15) is 0 Å². The number of halogens is 3. The molecule has 0 bridgehead atoms. The summed E-state index contributed by atoms with van der Waals surface area (Å²) in [6.07, 6.45) is -4.68. The lowest BCUT2D eigenvalue weighted by Gasteiger charge is -2.13. The Morgan fingerprint density at radius 3 is 2.00 bits per heavy atom. The molecular weight excluding hydrogens is 209 g/mol. The van der Waals surface area contributed by atoms with E-state index in [9.17, 15) is 13.2 Å². The number of benzene rings is 1. The molecule has 15 heavy (non-hydrogen) atoms. The summed E-state index contributed by atoms with van der Waals surface area (Å²) >= 11 is 0. The molecule has 0 heterocycles. The van der Waals surface area contributed by atoms with Crippen LogP contribution < -0.4 is 9.47 Å². The second kappa shape index (κ2) is 4.00. The van der Waals surface area contributed by atoms with Crippen LogP contribution >= 0.6 is 0 Å². The summed E-state index contributed by atoms with van der Waals surface area (Å²) in [5.41, 5.74) is 1.19. The Kier molecular flexibility index (Phi) is 3.12. The molecule has 0 spiro atoms. The SMILES string of the molecule is COc1cc(OC(F)(F)F)c(C)cc1C. The fourth-order valence-corrected chi connectivity index (χ4v) is 1.27. The zero-order valence-corrected chi connectivity index (χ0v) is 8.61. The monoisotopic (exact) mass is 220 g/mol. The van der Waals surface area contributed by atoms with Crippen molar-refractivity contribution in [2.45, 2.75) is 20.2 Å². The number of alkyl halides is 3. The first-order chi connectivity index (χ1) is 6.83. The third kappa shape index (κ3) is 3.04. The predicted molar refractivity (Wildman–Crippen MR) is 49.2 cm³/mol. The zero-order chi connectivity index (χ0) is 11.6. The van der Waals surface area contributed by atoms with Crippen LogP contribution in [0.5, 0.6) is 11.5 Å². The molecule has 0 saturated carbocycles. The van der Waals surface area contributed by atoms with Gasteiger partial charge in [-0.3, -0.25) is 0 Å². The van der Waals surface area contributed by atoms with Crippen molar-refractivity contribution in [2.24, 2.45) is 0 Å². The van der Waals surface area contributed by atoms with Crippen LogP contribution in [-0.4, -0.2) is 13.5 Å². The Morgan fingerprint density at radius 1 is 1.00 bits per heavy atom. The molecule has 0 fully saturated rings. The summed E-state index contributed by atoms with van der Waals surface area (Å²) in [6.45, 7) is 3.30. The highest BCUT2D eigenvalue weighted by molar-refractivity contribution is 5.45. The highest BCUT2D eigenvalue weighted by Crippen LogP contribution is 2.31. The summed E-state index contributed by atoms with van der Waals surface area (Å²) in [5.74, 6) is 0.143. The lowest BCUT2D eigenvalue weighted by atomic mass is 10.1. The summed E-state index contributed by atoms with van der Waals surface area (Å²) in [4.78, 5) is 0. The third-order valence-electron chi connectivity index (χ3n) is 1.92. The van der Waals surface area contributed by atoms with Crippen LogP contribution in [0.2, 0.25) is 0 Å². The van der Waals surface area contributed by atoms with E-state index in [1.54, 1.807) is 19.9 Å². The summed E-state index contributed by atoms with van der Waals surface area (Å²) in [6, 6.07) is 2.82. The van der Waals surface area contributed by atoms with Crippen LogP contribution in [0, 0.1) is 13.8 Å². The maximum atomic E-state index is 12.0. The Morgan fingerprint density at radius 2 is 1.53 bits per heavy atom. The standard InChI is InChI=1S/C10H11F3O2/c1-6-4-7(2)9(5-8(6)14-3)15-10(11,12)13/h4-5H,1-3H3. The lowest BCUT2D eigenvalue weighted by Crippen LogP contribution is -2.17. The van der Waals surface area contributed by atoms with Crippen LogP contribution in [0.4, 0.5) is 13.2 Å². The van der Waals surface area contributed by atoms with Crippen molar-refractivity contribution in [3.63, 3.8) is 0 Å². The second-order valence-electron chi connectivity index (χ2n) is 3.14. The molecule has 1 rings (SSSR count). The molecule has 84 valence electrons. The van der Waals surface area contributed by atoms with Crippen LogP contribution in [-0.2, 0) is 0 Å². The van der Waals surface area contributed by atoms with E-state index >= 15 is 0 Å². The highest BCUT2D eigenvalue weighted by Gasteiger charge is 2.32. The quantitative estimate of drug-likeness (QED) is 0.761. The molecule has 0 unspecified atom stereocenters. The number of aryl methyl sites for hydroxylation is 2. The summed E-state index contributed by atoms with van der Waals surface area (Å²) < 4.78 is 44.7. The van der Waals surface area contributed by atoms with E-state index in [4.69, 9.17) is 4.74 Å². The molecule has 0 aliphatic rings. The number of methoxy groups -OCH3 is 1. The van der Waals surface area contributed by atoms with E-state index in [1.807, 2.05) is 0 Å². The number of hydrogen-bond acceptors (Lipinski definition) is 2. The first-order valence-electron chi connectivity index (χ1n) is 4.24. The maximum Gasteiger partial charge on any atom is 0.573 e. The first-order valence-corrected chi connectivity index (χ1v) is 4.24. The van der Waals surface area contributed by atoms with Crippen molar-refractivity contribution in [3.05, 3.63) is 23.3 Å². The van der Waals surface area contributed by atoms with Crippen LogP contribution in [0.15, 0.2) is 12.1 Å². The minimum absolute atomic E-state index is 0.232. The number of hydrogen-bond donors (Lipinski definition) is 0. The van der Waals surface area contributed by atoms with Gasteiger partial charge in [-0.1, -0.05) is 0 Å². The molecule has 0 radical (unpaired) electrons. The van der Waals surface area contributed by atoms with Gasteiger partial charge in [0.05, 0.1) is 7.11 Å². The molecule has 1 aromatic rings. The molecule has 0 amide bonds. The fraction of sp³-hybridized carbons (Fsp3) is 0.400. The highest BCUT2D eigenvalue weighted by atomic mass is 19.4. The van der Waals surface area contributed by atoms with Crippen LogP contribution in [0.3, 0.4) is 0 Å². The largest absolute Gasteiger partial charge is 0.573 e. The molecule has 2 nitrogen and oxygen atoms in total. The molecule has 0 aromatic heterocycles. The van der Waals surface area contributed by atoms with Gasteiger partial charge in [-0.15, -0.1) is 13.2 Å². The summed E-state index contributed by atoms with van der Waals surface area (Å²) in [7, 11) is 1.40. The zero-order valence-electron chi connectivity index (χ0n) is 8.61. The van der Waals surface area contributed by atoms with E-state index in [0.29, 0.717) is 11.3 Å². The second-order valence-corrected chi connectivity index (χ2v) is 3.14. The molecule has 1 aromatic carbocycles. The first kappa shape index (κ1) is 11.7. The smallest absolute Gasteiger partial charge is 0.496 e. The van der Waals surface area contributed by atoms with Gasteiger partial charge in [0.2, 0.25) is 0 Å². The van der Waals surface area contributed by atoms with Crippen molar-refractivity contribution in [1.29, 1.82) is 0 Å². The lowest BCUT2D eigenvalue weighted by molar-refractivity contribution is -0.274. The van der Waals surface area contributed by atoms with E-state index in [1.165, 1.54) is 13.2 Å². The molecule has 0 aliphatic carbocycles. The maximum absolute atomic E-state index is 12.0. The van der Waals surface area contributed by atoms with Gasteiger partial charge < -0.3 is 9.47 Å².